The quantitative estimate of drug-likeness (QED) is 0.643. The Hall–Kier alpha value is -2.17. The number of ketones is 1. The maximum Gasteiger partial charge on any atom is 0.156 e. The van der Waals surface area contributed by atoms with Crippen LogP contribution in [0.1, 0.15) is 63.4 Å². The van der Waals surface area contributed by atoms with Crippen LogP contribution in [0.2, 0.25) is 0 Å². The van der Waals surface area contributed by atoms with E-state index in [2.05, 4.69) is 50.2 Å². The second-order valence-corrected chi connectivity index (χ2v) is 11.0. The molecule has 5 atom stereocenters. The highest BCUT2D eigenvalue weighted by Gasteiger charge is 2.61. The van der Waals surface area contributed by atoms with Crippen molar-refractivity contribution in [3.8, 4) is 0 Å². The van der Waals surface area contributed by atoms with Crippen molar-refractivity contribution in [2.24, 2.45) is 17.3 Å². The van der Waals surface area contributed by atoms with Gasteiger partial charge >= 0.3 is 0 Å². The highest BCUT2D eigenvalue weighted by Crippen LogP contribution is 2.67. The largest absolute Gasteiger partial charge is 0.392 e. The van der Waals surface area contributed by atoms with Gasteiger partial charge in [0.05, 0.1) is 12.2 Å². The zero-order valence-electron chi connectivity index (χ0n) is 20.2. The molecule has 0 aromatic heterocycles. The molecule has 2 saturated carbocycles. The average Bonchev–Trinajstić information content (AvgIpc) is 3.07. The van der Waals surface area contributed by atoms with Gasteiger partial charge in [-0.15, -0.1) is 0 Å². The molecular formula is C29H37NO3. The van der Waals surface area contributed by atoms with Crippen molar-refractivity contribution < 1.29 is 15.0 Å². The molecule has 1 aromatic carbocycles. The molecule has 0 amide bonds. The van der Waals surface area contributed by atoms with Gasteiger partial charge < -0.3 is 15.1 Å². The van der Waals surface area contributed by atoms with Crippen LogP contribution in [0, 0.1) is 17.3 Å². The molecule has 2 N–H and O–H groups in total. The summed E-state index contributed by atoms with van der Waals surface area (Å²) in [6, 6.07) is 8.91. The van der Waals surface area contributed by atoms with Gasteiger partial charge in [-0.2, -0.15) is 0 Å². The summed E-state index contributed by atoms with van der Waals surface area (Å²) < 4.78 is 0. The number of rotatable bonds is 4. The number of hydrogen-bond donors (Lipinski definition) is 2. The number of anilines is 1. The van der Waals surface area contributed by atoms with Crippen LogP contribution in [0.5, 0.6) is 0 Å². The topological polar surface area (TPSA) is 60.8 Å². The Kier molecular flexibility index (Phi) is 5.65. The number of carbonyl (C=O) groups excluding carboxylic acids is 1. The summed E-state index contributed by atoms with van der Waals surface area (Å²) in [6.07, 6.45) is 11.7. The summed E-state index contributed by atoms with van der Waals surface area (Å²) in [5, 5.41) is 21.3. The minimum Gasteiger partial charge on any atom is -0.392 e. The smallest absolute Gasteiger partial charge is 0.156 e. The maximum absolute atomic E-state index is 12.2. The molecule has 1 aromatic rings. The zero-order valence-corrected chi connectivity index (χ0v) is 20.2. The minimum absolute atomic E-state index is 0.0423. The lowest BCUT2D eigenvalue weighted by molar-refractivity contribution is -0.114. The number of aliphatic hydroxyl groups excluding tert-OH is 1. The first-order valence-corrected chi connectivity index (χ1v) is 12.5. The molecule has 4 aliphatic rings. The Balaban J connectivity index is 1.65. The Morgan fingerprint density at radius 3 is 2.58 bits per heavy atom. The van der Waals surface area contributed by atoms with E-state index in [1.165, 1.54) is 22.4 Å². The molecule has 2 fully saturated rings. The molecule has 33 heavy (non-hydrogen) atoms. The molecular weight excluding hydrogens is 410 g/mol. The number of benzene rings is 1. The Bertz CT molecular complexity index is 1030. The Morgan fingerprint density at radius 2 is 1.88 bits per heavy atom. The van der Waals surface area contributed by atoms with E-state index in [1.807, 2.05) is 12.2 Å². The maximum atomic E-state index is 12.2. The van der Waals surface area contributed by atoms with E-state index in [0.29, 0.717) is 18.3 Å². The fourth-order valence-electron chi connectivity index (χ4n) is 7.52. The standard InChI is InChI=1S/C29H37NO3/c1-28-18-25(19-5-8-21(9-6-19)30(2)3)27-23-12-10-22(32)17-20(23)7-11-24(27)26(28)13-15-29(28,33)14-4-16-31/h4-6,8-9,14,17,24-26,31,33H,7,10-13,15-16,18H2,1-3H3/b14-4+/t24-,25+,26-,28-,29-/m0/s1. The summed E-state index contributed by atoms with van der Waals surface area (Å²) in [6.45, 7) is 2.24. The van der Waals surface area contributed by atoms with Crippen LogP contribution in [0.15, 0.2) is 59.2 Å². The minimum atomic E-state index is -0.892. The highest BCUT2D eigenvalue weighted by molar-refractivity contribution is 5.93. The molecule has 0 spiro atoms. The SMILES string of the molecule is CN(C)c1ccc([C@H]2C[C@@]3(C)[C@@H](CC[C@@]3(O)/C=C/CO)[C@@H]3CCC4=CC(=O)CCC4=C32)cc1. The van der Waals surface area contributed by atoms with Crippen molar-refractivity contribution in [3.05, 3.63) is 64.8 Å². The molecule has 0 radical (unpaired) electrons. The molecule has 4 heteroatoms. The first kappa shape index (κ1) is 22.6. The summed E-state index contributed by atoms with van der Waals surface area (Å²) in [7, 11) is 4.12. The molecule has 4 aliphatic carbocycles. The predicted octanol–water partition coefficient (Wildman–Crippen LogP) is 4.93. The van der Waals surface area contributed by atoms with Gasteiger partial charge in [0.15, 0.2) is 5.78 Å². The number of hydrogen-bond acceptors (Lipinski definition) is 4. The van der Waals surface area contributed by atoms with Crippen LogP contribution in [-0.4, -0.2) is 42.3 Å². The lowest BCUT2D eigenvalue weighted by atomic mass is 9.51. The second kappa shape index (κ2) is 8.25. The molecule has 0 aliphatic heterocycles. The summed E-state index contributed by atoms with van der Waals surface area (Å²) in [5.74, 6) is 1.38. The number of carbonyl (C=O) groups is 1. The molecule has 0 bridgehead atoms. The van der Waals surface area contributed by atoms with Crippen molar-refractivity contribution in [1.29, 1.82) is 0 Å². The van der Waals surface area contributed by atoms with Crippen LogP contribution < -0.4 is 4.90 Å². The molecule has 0 unspecified atom stereocenters. The van der Waals surface area contributed by atoms with Crippen molar-refractivity contribution in [3.63, 3.8) is 0 Å². The van der Waals surface area contributed by atoms with Crippen molar-refractivity contribution in [2.75, 3.05) is 25.6 Å². The highest BCUT2D eigenvalue weighted by atomic mass is 16.3. The predicted molar refractivity (Wildman–Crippen MR) is 132 cm³/mol. The van der Waals surface area contributed by atoms with Crippen LogP contribution >= 0.6 is 0 Å². The fourth-order valence-corrected chi connectivity index (χ4v) is 7.52. The summed E-state index contributed by atoms with van der Waals surface area (Å²) >= 11 is 0. The third-order valence-corrected chi connectivity index (χ3v) is 9.26. The summed E-state index contributed by atoms with van der Waals surface area (Å²) in [5.41, 5.74) is 5.62. The van der Waals surface area contributed by atoms with Crippen LogP contribution in [0.25, 0.3) is 0 Å². The average molecular weight is 448 g/mol. The third-order valence-electron chi connectivity index (χ3n) is 9.26. The van der Waals surface area contributed by atoms with Crippen molar-refractivity contribution in [1.82, 2.24) is 0 Å². The molecule has 0 heterocycles. The van der Waals surface area contributed by atoms with Gasteiger partial charge in [0.2, 0.25) is 0 Å². The first-order chi connectivity index (χ1) is 15.8. The van der Waals surface area contributed by atoms with Crippen LogP contribution in [-0.2, 0) is 4.79 Å². The Morgan fingerprint density at radius 1 is 1.12 bits per heavy atom. The van der Waals surface area contributed by atoms with Gasteiger partial charge in [-0.05, 0) is 85.3 Å². The van der Waals surface area contributed by atoms with E-state index in [0.717, 1.165) is 38.5 Å². The van der Waals surface area contributed by atoms with E-state index in [1.54, 1.807) is 11.6 Å². The second-order valence-electron chi connectivity index (χ2n) is 11.0. The van der Waals surface area contributed by atoms with Crippen LogP contribution in [0.3, 0.4) is 0 Å². The van der Waals surface area contributed by atoms with E-state index >= 15 is 0 Å². The van der Waals surface area contributed by atoms with Crippen molar-refractivity contribution in [2.45, 2.75) is 63.4 Å². The molecule has 5 rings (SSSR count). The normalized spacial score (nSPS) is 35.8. The lowest BCUT2D eigenvalue weighted by Crippen LogP contribution is -2.50. The first-order valence-electron chi connectivity index (χ1n) is 12.5. The van der Waals surface area contributed by atoms with Crippen molar-refractivity contribution >= 4 is 11.5 Å². The number of nitrogens with zero attached hydrogens (tertiary/aromatic N) is 1. The lowest BCUT2D eigenvalue weighted by Gasteiger charge is -2.54. The van der Waals surface area contributed by atoms with Gasteiger partial charge in [0.1, 0.15) is 0 Å². The molecule has 176 valence electrons. The van der Waals surface area contributed by atoms with Gasteiger partial charge in [-0.1, -0.05) is 36.8 Å². The van der Waals surface area contributed by atoms with Crippen LogP contribution in [0.4, 0.5) is 5.69 Å². The van der Waals surface area contributed by atoms with Gasteiger partial charge in [0, 0.05) is 37.5 Å². The third kappa shape index (κ3) is 3.54. The fraction of sp³-hybridized carbons (Fsp3) is 0.552. The van der Waals surface area contributed by atoms with E-state index in [9.17, 15) is 15.0 Å². The Labute approximate surface area is 197 Å². The van der Waals surface area contributed by atoms with Gasteiger partial charge in [-0.25, -0.2) is 0 Å². The van der Waals surface area contributed by atoms with Gasteiger partial charge in [-0.3, -0.25) is 4.79 Å². The number of fused-ring (bicyclic) bond motifs is 4. The number of aliphatic hydroxyl groups is 2. The molecule has 4 nitrogen and oxygen atoms in total. The van der Waals surface area contributed by atoms with E-state index < -0.39 is 5.60 Å². The summed E-state index contributed by atoms with van der Waals surface area (Å²) in [4.78, 5) is 14.3. The zero-order chi connectivity index (χ0) is 23.4. The van der Waals surface area contributed by atoms with Gasteiger partial charge in [0.25, 0.3) is 0 Å². The monoisotopic (exact) mass is 447 g/mol. The van der Waals surface area contributed by atoms with E-state index in [-0.39, 0.29) is 23.7 Å². The molecule has 0 saturated heterocycles. The van der Waals surface area contributed by atoms with E-state index in [4.69, 9.17) is 0 Å². The number of allylic oxidation sites excluding steroid dienone is 4.